The number of nitrogens with zero attached hydrogens (tertiary/aromatic N) is 5. The topological polar surface area (TPSA) is 58.9 Å². The largest absolute Gasteiger partial charge is 0.348 e. The molecule has 134 valence electrons. The first-order valence-corrected chi connectivity index (χ1v) is 8.78. The van der Waals surface area contributed by atoms with Gasteiger partial charge in [-0.2, -0.15) is 5.10 Å². The van der Waals surface area contributed by atoms with E-state index < -0.39 is 0 Å². The van der Waals surface area contributed by atoms with E-state index in [1.807, 2.05) is 4.68 Å². The average Bonchev–Trinajstić information content (AvgIpc) is 3.06. The summed E-state index contributed by atoms with van der Waals surface area (Å²) in [7, 11) is 0. The minimum atomic E-state index is -0.260. The Morgan fingerprint density at radius 3 is 2.81 bits per heavy atom. The zero-order valence-corrected chi connectivity index (χ0v) is 14.8. The highest BCUT2D eigenvalue weighted by molar-refractivity contribution is 6.31. The monoisotopic (exact) mass is 372 g/mol. The molecule has 0 aliphatic carbocycles. The Labute approximate surface area is 155 Å². The van der Waals surface area contributed by atoms with Gasteiger partial charge < -0.3 is 5.32 Å². The quantitative estimate of drug-likeness (QED) is 0.745. The number of benzene rings is 1. The van der Waals surface area contributed by atoms with Crippen LogP contribution in [0.2, 0.25) is 5.02 Å². The van der Waals surface area contributed by atoms with Crippen molar-refractivity contribution in [3.8, 4) is 0 Å². The van der Waals surface area contributed by atoms with Gasteiger partial charge in [0.2, 0.25) is 5.95 Å². The third kappa shape index (κ3) is 3.68. The first-order chi connectivity index (χ1) is 12.7. The van der Waals surface area contributed by atoms with Crippen LogP contribution in [-0.4, -0.2) is 31.2 Å². The maximum absolute atomic E-state index is 14.0. The molecule has 0 radical (unpaired) electrons. The van der Waals surface area contributed by atoms with E-state index in [2.05, 4.69) is 31.3 Å². The van der Waals surface area contributed by atoms with Gasteiger partial charge >= 0.3 is 0 Å². The van der Waals surface area contributed by atoms with Gasteiger partial charge in [-0.15, -0.1) is 0 Å². The Kier molecular flexibility index (Phi) is 4.81. The number of nitrogens with one attached hydrogen (secondary N) is 1. The molecule has 6 nitrogen and oxygen atoms in total. The van der Waals surface area contributed by atoms with Crippen LogP contribution in [-0.2, 0) is 26.2 Å². The molecule has 4 rings (SSSR count). The summed E-state index contributed by atoms with van der Waals surface area (Å²) in [5, 5.41) is 8.24. The van der Waals surface area contributed by atoms with Crippen molar-refractivity contribution < 1.29 is 4.39 Å². The summed E-state index contributed by atoms with van der Waals surface area (Å²) in [6.07, 6.45) is 3.39. The van der Waals surface area contributed by atoms with Gasteiger partial charge in [0.05, 0.1) is 24.5 Å². The number of aromatic nitrogens is 4. The predicted octanol–water partition coefficient (Wildman–Crippen LogP) is 3.09. The van der Waals surface area contributed by atoms with E-state index in [0.717, 1.165) is 24.5 Å². The zero-order valence-electron chi connectivity index (χ0n) is 14.1. The summed E-state index contributed by atoms with van der Waals surface area (Å²) in [5.74, 6) is 0.318. The lowest BCUT2D eigenvalue weighted by Gasteiger charge is -2.27. The van der Waals surface area contributed by atoms with Crippen LogP contribution >= 0.6 is 11.6 Å². The molecule has 1 aromatic carbocycles. The van der Waals surface area contributed by atoms with Gasteiger partial charge in [-0.3, -0.25) is 9.58 Å². The van der Waals surface area contributed by atoms with E-state index >= 15 is 0 Å². The molecular formula is C18H18ClFN6. The summed E-state index contributed by atoms with van der Waals surface area (Å²) in [4.78, 5) is 10.5. The molecule has 2 aromatic heterocycles. The van der Waals surface area contributed by atoms with Crippen molar-refractivity contribution in [3.05, 3.63) is 70.5 Å². The van der Waals surface area contributed by atoms with Crippen molar-refractivity contribution in [2.75, 3.05) is 11.9 Å². The maximum Gasteiger partial charge on any atom is 0.222 e. The van der Waals surface area contributed by atoms with Crippen molar-refractivity contribution >= 4 is 17.5 Å². The molecule has 0 unspecified atom stereocenters. The van der Waals surface area contributed by atoms with Crippen molar-refractivity contribution in [3.63, 3.8) is 0 Å². The lowest BCUT2D eigenvalue weighted by Crippen LogP contribution is -2.33. The first-order valence-electron chi connectivity index (χ1n) is 8.41. The van der Waals surface area contributed by atoms with Crippen LogP contribution in [0.15, 0.2) is 42.7 Å². The van der Waals surface area contributed by atoms with Gasteiger partial charge in [0.1, 0.15) is 5.82 Å². The van der Waals surface area contributed by atoms with Gasteiger partial charge in [-0.1, -0.05) is 17.7 Å². The Balaban J connectivity index is 1.42. The maximum atomic E-state index is 14.0. The highest BCUT2D eigenvalue weighted by Gasteiger charge is 2.20. The first kappa shape index (κ1) is 16.9. The summed E-state index contributed by atoms with van der Waals surface area (Å²) >= 11 is 6.15. The Bertz CT molecular complexity index is 878. The third-order valence-corrected chi connectivity index (χ3v) is 4.72. The summed E-state index contributed by atoms with van der Waals surface area (Å²) in [6, 6.07) is 8.64. The lowest BCUT2D eigenvalue weighted by atomic mass is 10.1. The highest BCUT2D eigenvalue weighted by Crippen LogP contribution is 2.23. The molecular weight excluding hydrogens is 355 g/mol. The fraction of sp³-hybridized carbons (Fsp3) is 0.278. The minimum absolute atomic E-state index is 0.260. The average molecular weight is 373 g/mol. The van der Waals surface area contributed by atoms with E-state index in [1.54, 1.807) is 30.6 Å². The fourth-order valence-corrected chi connectivity index (χ4v) is 3.29. The van der Waals surface area contributed by atoms with E-state index in [1.165, 1.54) is 6.07 Å². The van der Waals surface area contributed by atoms with E-state index in [-0.39, 0.29) is 5.82 Å². The molecule has 8 heteroatoms. The second kappa shape index (κ2) is 7.39. The molecule has 0 fully saturated rings. The number of hydrogen-bond acceptors (Lipinski definition) is 5. The van der Waals surface area contributed by atoms with Crippen LogP contribution in [0.5, 0.6) is 0 Å². The van der Waals surface area contributed by atoms with Crippen LogP contribution < -0.4 is 5.32 Å². The molecule has 0 atom stereocenters. The second-order valence-corrected chi connectivity index (χ2v) is 6.59. The minimum Gasteiger partial charge on any atom is -0.348 e. The van der Waals surface area contributed by atoms with Crippen LogP contribution in [0.1, 0.15) is 17.0 Å². The highest BCUT2D eigenvalue weighted by atomic mass is 35.5. The van der Waals surface area contributed by atoms with Crippen molar-refractivity contribution in [1.29, 1.82) is 0 Å². The zero-order chi connectivity index (χ0) is 17.9. The van der Waals surface area contributed by atoms with E-state index in [4.69, 9.17) is 11.6 Å². The molecule has 0 saturated heterocycles. The van der Waals surface area contributed by atoms with Crippen molar-refractivity contribution in [2.24, 2.45) is 0 Å². The molecule has 26 heavy (non-hydrogen) atoms. The lowest BCUT2D eigenvalue weighted by molar-refractivity contribution is 0.203. The van der Waals surface area contributed by atoms with Crippen LogP contribution in [0.25, 0.3) is 0 Å². The fourth-order valence-electron chi connectivity index (χ4n) is 3.07. The summed E-state index contributed by atoms with van der Waals surface area (Å²) < 4.78 is 16.0. The van der Waals surface area contributed by atoms with Gasteiger partial charge in [-0.05, 0) is 24.3 Å². The van der Waals surface area contributed by atoms with E-state index in [0.29, 0.717) is 36.2 Å². The Morgan fingerprint density at radius 1 is 1.15 bits per heavy atom. The molecule has 0 amide bonds. The Hall–Kier alpha value is -2.51. The number of fused-ring (bicyclic) bond motifs is 1. The Morgan fingerprint density at radius 2 is 2.00 bits per heavy atom. The summed E-state index contributed by atoms with van der Waals surface area (Å²) in [6.45, 7) is 3.32. The molecule has 1 aliphatic rings. The molecule has 3 heterocycles. The van der Waals surface area contributed by atoms with Gasteiger partial charge in [-0.25, -0.2) is 14.4 Å². The molecule has 1 N–H and O–H groups in total. The SMILES string of the molecule is Fc1cccc(Cl)c1CN1CCn2nc(CNc3ncccn3)cc2C1. The third-order valence-electron chi connectivity index (χ3n) is 4.36. The molecule has 0 spiro atoms. The number of anilines is 1. The van der Waals surface area contributed by atoms with Crippen LogP contribution in [0.4, 0.5) is 10.3 Å². The number of rotatable bonds is 5. The molecule has 0 bridgehead atoms. The van der Waals surface area contributed by atoms with Crippen molar-refractivity contribution in [1.82, 2.24) is 24.6 Å². The normalized spacial score (nSPS) is 14.2. The second-order valence-electron chi connectivity index (χ2n) is 6.19. The number of hydrogen-bond donors (Lipinski definition) is 1. The van der Waals surface area contributed by atoms with Gasteiger partial charge in [0, 0.05) is 42.6 Å². The van der Waals surface area contributed by atoms with Crippen molar-refractivity contribution in [2.45, 2.75) is 26.2 Å². The summed E-state index contributed by atoms with van der Waals surface area (Å²) in [5.41, 5.74) is 2.58. The van der Waals surface area contributed by atoms with Gasteiger partial charge in [0.25, 0.3) is 0 Å². The van der Waals surface area contributed by atoms with Gasteiger partial charge in [0.15, 0.2) is 0 Å². The molecule has 3 aromatic rings. The molecule has 1 aliphatic heterocycles. The molecule has 0 saturated carbocycles. The van der Waals surface area contributed by atoms with Crippen LogP contribution in [0.3, 0.4) is 0 Å². The number of halogens is 2. The predicted molar refractivity (Wildman–Crippen MR) is 97.1 cm³/mol. The van der Waals surface area contributed by atoms with E-state index in [9.17, 15) is 4.39 Å². The smallest absolute Gasteiger partial charge is 0.222 e. The standard InChI is InChI=1S/C18H18ClFN6/c19-16-3-1-4-17(20)15(16)12-25-7-8-26-14(11-25)9-13(24-26)10-23-18-21-5-2-6-22-18/h1-6,9H,7-8,10-12H2,(H,21,22,23). The van der Waals surface area contributed by atoms with Crippen LogP contribution in [0, 0.1) is 5.82 Å².